The Kier molecular flexibility index (Phi) is 3.24. The van der Waals surface area contributed by atoms with Gasteiger partial charge >= 0.3 is 0 Å². The van der Waals surface area contributed by atoms with Gasteiger partial charge in [-0.1, -0.05) is 0 Å². The first-order valence-corrected chi connectivity index (χ1v) is 5.66. The van der Waals surface area contributed by atoms with Crippen molar-refractivity contribution < 1.29 is 5.11 Å². The number of nitrogens with one attached hydrogen (secondary N) is 2. The number of hydrogen-bond donors (Lipinski definition) is 3. The largest absolute Gasteiger partial charge is 0.493 e. The molecule has 1 fully saturated rings. The van der Waals surface area contributed by atoms with Crippen LogP contribution in [0.5, 0.6) is 5.88 Å². The normalized spacial score (nSPS) is 17.6. The Balaban J connectivity index is 2.12. The van der Waals surface area contributed by atoms with E-state index in [1.807, 2.05) is 0 Å². The van der Waals surface area contributed by atoms with Gasteiger partial charge in [-0.15, -0.1) is 0 Å². The van der Waals surface area contributed by atoms with Crippen LogP contribution in [-0.2, 0) is 6.42 Å². The molecule has 16 heavy (non-hydrogen) atoms. The molecule has 0 amide bonds. The third-order valence-electron chi connectivity index (χ3n) is 3.12. The van der Waals surface area contributed by atoms with Crippen LogP contribution in [0.4, 0.5) is 0 Å². The number of aromatic hydroxyl groups is 1. The van der Waals surface area contributed by atoms with Crippen molar-refractivity contribution in [1.29, 1.82) is 0 Å². The maximum Gasteiger partial charge on any atom is 0.257 e. The zero-order chi connectivity index (χ0) is 11.5. The molecule has 0 bridgehead atoms. The van der Waals surface area contributed by atoms with Crippen LogP contribution in [0.15, 0.2) is 4.79 Å². The van der Waals surface area contributed by atoms with Gasteiger partial charge in [0.15, 0.2) is 0 Å². The van der Waals surface area contributed by atoms with Gasteiger partial charge in [-0.05, 0) is 38.8 Å². The van der Waals surface area contributed by atoms with Crippen LogP contribution in [0.2, 0.25) is 0 Å². The second-order valence-corrected chi connectivity index (χ2v) is 4.36. The molecule has 0 radical (unpaired) electrons. The van der Waals surface area contributed by atoms with Crippen LogP contribution >= 0.6 is 0 Å². The van der Waals surface area contributed by atoms with Gasteiger partial charge in [0.1, 0.15) is 5.82 Å². The van der Waals surface area contributed by atoms with Crippen LogP contribution in [-0.4, -0.2) is 28.2 Å². The second kappa shape index (κ2) is 4.65. The molecule has 0 unspecified atom stereocenters. The van der Waals surface area contributed by atoms with Crippen LogP contribution in [0.25, 0.3) is 0 Å². The molecule has 5 nitrogen and oxygen atoms in total. The van der Waals surface area contributed by atoms with Crippen LogP contribution in [0.3, 0.4) is 0 Å². The number of H-pyrrole nitrogens is 1. The minimum atomic E-state index is -0.239. The fourth-order valence-electron chi connectivity index (χ4n) is 2.02. The SMILES string of the molecule is Cc1c(O)nc(CC2CCNCC2)[nH]c1=O. The summed E-state index contributed by atoms with van der Waals surface area (Å²) in [5, 5.41) is 12.8. The Hall–Kier alpha value is -1.36. The maximum atomic E-state index is 11.4. The van der Waals surface area contributed by atoms with Crippen molar-refractivity contribution in [3.8, 4) is 5.88 Å². The Morgan fingerprint density at radius 2 is 2.12 bits per heavy atom. The van der Waals surface area contributed by atoms with E-state index >= 15 is 0 Å². The highest BCUT2D eigenvalue weighted by Crippen LogP contribution is 2.16. The maximum absolute atomic E-state index is 11.4. The summed E-state index contributed by atoms with van der Waals surface area (Å²) in [5.41, 5.74) is 0.0468. The minimum Gasteiger partial charge on any atom is -0.493 e. The first kappa shape index (κ1) is 11.1. The first-order chi connectivity index (χ1) is 7.66. The molecular weight excluding hydrogens is 206 g/mol. The molecule has 1 aliphatic rings. The molecule has 1 aromatic heterocycles. The second-order valence-electron chi connectivity index (χ2n) is 4.36. The Bertz CT molecular complexity index is 422. The number of nitrogens with zero attached hydrogens (tertiary/aromatic N) is 1. The van der Waals surface area contributed by atoms with Gasteiger partial charge < -0.3 is 15.4 Å². The number of hydrogen-bond acceptors (Lipinski definition) is 4. The monoisotopic (exact) mass is 223 g/mol. The van der Waals surface area contributed by atoms with E-state index in [1.54, 1.807) is 6.92 Å². The summed E-state index contributed by atoms with van der Waals surface area (Å²) in [7, 11) is 0. The molecule has 3 N–H and O–H groups in total. The summed E-state index contributed by atoms with van der Waals surface area (Å²) in [6, 6.07) is 0. The van der Waals surface area contributed by atoms with Gasteiger partial charge in [-0.2, -0.15) is 0 Å². The molecule has 0 aromatic carbocycles. The zero-order valence-electron chi connectivity index (χ0n) is 9.42. The van der Waals surface area contributed by atoms with Gasteiger partial charge in [0.2, 0.25) is 5.88 Å². The molecule has 0 spiro atoms. The van der Waals surface area contributed by atoms with E-state index in [9.17, 15) is 9.90 Å². The molecule has 1 aromatic rings. The molecule has 1 saturated heterocycles. The van der Waals surface area contributed by atoms with E-state index in [1.165, 1.54) is 0 Å². The van der Waals surface area contributed by atoms with Gasteiger partial charge in [0.05, 0.1) is 5.56 Å². The van der Waals surface area contributed by atoms with E-state index in [0.717, 1.165) is 32.4 Å². The summed E-state index contributed by atoms with van der Waals surface area (Å²) < 4.78 is 0. The first-order valence-electron chi connectivity index (χ1n) is 5.66. The van der Waals surface area contributed by atoms with E-state index in [4.69, 9.17) is 0 Å². The van der Waals surface area contributed by atoms with Crippen LogP contribution < -0.4 is 10.9 Å². The lowest BCUT2D eigenvalue weighted by molar-refractivity contribution is 0.363. The standard InChI is InChI=1S/C11H17N3O2/c1-7-10(15)13-9(14-11(7)16)6-8-2-4-12-5-3-8/h8,12H,2-6H2,1H3,(H2,13,14,15,16). The average molecular weight is 223 g/mol. The van der Waals surface area contributed by atoms with E-state index in [-0.39, 0.29) is 17.0 Å². The molecule has 88 valence electrons. The molecule has 5 heteroatoms. The number of piperidine rings is 1. The van der Waals surface area contributed by atoms with Crippen molar-refractivity contribution >= 4 is 0 Å². The predicted molar refractivity (Wildman–Crippen MR) is 60.6 cm³/mol. The average Bonchev–Trinajstić information content (AvgIpc) is 2.27. The summed E-state index contributed by atoms with van der Waals surface area (Å²) in [4.78, 5) is 18.2. The third-order valence-corrected chi connectivity index (χ3v) is 3.12. The van der Waals surface area contributed by atoms with Crippen LogP contribution in [0.1, 0.15) is 24.2 Å². The summed E-state index contributed by atoms with van der Waals surface area (Å²) in [6.07, 6.45) is 2.93. The number of rotatable bonds is 2. The van der Waals surface area contributed by atoms with Crippen molar-refractivity contribution in [2.24, 2.45) is 5.92 Å². The van der Waals surface area contributed by atoms with Crippen LogP contribution in [0, 0.1) is 12.8 Å². The molecule has 0 atom stereocenters. The van der Waals surface area contributed by atoms with Gasteiger partial charge in [-0.3, -0.25) is 4.79 Å². The lowest BCUT2D eigenvalue weighted by Gasteiger charge is -2.21. The lowest BCUT2D eigenvalue weighted by atomic mass is 9.94. The zero-order valence-corrected chi connectivity index (χ0v) is 9.42. The van der Waals surface area contributed by atoms with Crippen molar-refractivity contribution in [1.82, 2.24) is 15.3 Å². The number of aromatic amines is 1. The summed E-state index contributed by atoms with van der Waals surface area (Å²) >= 11 is 0. The molecule has 2 heterocycles. The Labute approximate surface area is 93.9 Å². The van der Waals surface area contributed by atoms with Crippen molar-refractivity contribution in [3.05, 3.63) is 21.7 Å². The molecule has 2 rings (SSSR count). The molecule has 0 saturated carbocycles. The van der Waals surface area contributed by atoms with Crippen molar-refractivity contribution in [2.75, 3.05) is 13.1 Å². The van der Waals surface area contributed by atoms with Crippen molar-refractivity contribution in [3.63, 3.8) is 0 Å². The predicted octanol–water partition coefficient (Wildman–Crippen LogP) is 0.326. The highest BCUT2D eigenvalue weighted by Gasteiger charge is 2.15. The summed E-state index contributed by atoms with van der Waals surface area (Å²) in [6.45, 7) is 3.61. The highest BCUT2D eigenvalue weighted by atomic mass is 16.3. The molecule has 0 aliphatic carbocycles. The van der Waals surface area contributed by atoms with Gasteiger partial charge in [0.25, 0.3) is 5.56 Å². The fraction of sp³-hybridized carbons (Fsp3) is 0.636. The van der Waals surface area contributed by atoms with E-state index in [0.29, 0.717) is 11.7 Å². The highest BCUT2D eigenvalue weighted by molar-refractivity contribution is 5.20. The van der Waals surface area contributed by atoms with Gasteiger partial charge in [-0.25, -0.2) is 4.98 Å². The Morgan fingerprint density at radius 3 is 2.75 bits per heavy atom. The quantitative estimate of drug-likeness (QED) is 0.675. The Morgan fingerprint density at radius 1 is 1.44 bits per heavy atom. The third kappa shape index (κ3) is 2.41. The minimum absolute atomic E-state index is 0.146. The smallest absolute Gasteiger partial charge is 0.257 e. The van der Waals surface area contributed by atoms with E-state index in [2.05, 4.69) is 15.3 Å². The van der Waals surface area contributed by atoms with E-state index < -0.39 is 0 Å². The fourth-order valence-corrected chi connectivity index (χ4v) is 2.02. The topological polar surface area (TPSA) is 78.0 Å². The molecular formula is C11H17N3O2. The lowest BCUT2D eigenvalue weighted by Crippen LogP contribution is -2.29. The van der Waals surface area contributed by atoms with Gasteiger partial charge in [0, 0.05) is 6.42 Å². The molecule has 1 aliphatic heterocycles. The number of aromatic nitrogens is 2. The van der Waals surface area contributed by atoms with Crippen molar-refractivity contribution in [2.45, 2.75) is 26.2 Å². The summed E-state index contributed by atoms with van der Waals surface area (Å²) in [5.74, 6) is 0.999.